The van der Waals surface area contributed by atoms with Crippen LogP contribution in [0.4, 0.5) is 11.4 Å². The van der Waals surface area contributed by atoms with E-state index in [9.17, 15) is 0 Å². The molecule has 0 unspecified atom stereocenters. The summed E-state index contributed by atoms with van der Waals surface area (Å²) >= 11 is 5.25. The summed E-state index contributed by atoms with van der Waals surface area (Å²) in [5.74, 6) is 1.48. The number of pyridine rings is 1. The summed E-state index contributed by atoms with van der Waals surface area (Å²) in [7, 11) is 0. The number of anilines is 2. The lowest BCUT2D eigenvalue weighted by Gasteiger charge is -2.19. The van der Waals surface area contributed by atoms with Gasteiger partial charge in [0.2, 0.25) is 0 Å². The van der Waals surface area contributed by atoms with E-state index < -0.39 is 0 Å². The molecule has 1 aliphatic heterocycles. The standard InChI is InChI=1S/C14H13N3O2S/c20-14(17-11-2-1-5-15-9-11)16-10-3-4-12-13(8-10)19-7-6-18-12/h1-5,8-9H,6-7H2,(H2,16,17,20). The van der Waals surface area contributed by atoms with Gasteiger partial charge < -0.3 is 20.1 Å². The second-order valence-electron chi connectivity index (χ2n) is 4.18. The lowest BCUT2D eigenvalue weighted by Crippen LogP contribution is -2.20. The lowest BCUT2D eigenvalue weighted by atomic mass is 10.2. The molecule has 20 heavy (non-hydrogen) atoms. The van der Waals surface area contributed by atoms with Crippen molar-refractivity contribution in [2.24, 2.45) is 0 Å². The average Bonchev–Trinajstić information content (AvgIpc) is 2.48. The number of hydrogen-bond donors (Lipinski definition) is 2. The van der Waals surface area contributed by atoms with Gasteiger partial charge >= 0.3 is 0 Å². The molecule has 0 spiro atoms. The van der Waals surface area contributed by atoms with Crippen LogP contribution in [-0.4, -0.2) is 23.3 Å². The van der Waals surface area contributed by atoms with Gasteiger partial charge in [0.1, 0.15) is 13.2 Å². The number of rotatable bonds is 2. The Morgan fingerprint density at radius 1 is 1.05 bits per heavy atom. The molecule has 2 heterocycles. The second-order valence-corrected chi connectivity index (χ2v) is 4.59. The number of ether oxygens (including phenoxy) is 2. The SMILES string of the molecule is S=C(Nc1cccnc1)Nc1ccc2c(c1)OCCO2. The number of nitrogens with one attached hydrogen (secondary N) is 2. The average molecular weight is 287 g/mol. The second kappa shape index (κ2) is 5.75. The molecule has 0 radical (unpaired) electrons. The van der Waals surface area contributed by atoms with E-state index in [2.05, 4.69) is 15.6 Å². The van der Waals surface area contributed by atoms with Crippen LogP contribution in [0, 0.1) is 0 Å². The predicted octanol–water partition coefficient (Wildman–Crippen LogP) is 2.66. The largest absolute Gasteiger partial charge is 0.486 e. The number of thiocarbonyl (C=S) groups is 1. The summed E-state index contributed by atoms with van der Waals surface area (Å²) in [4.78, 5) is 4.02. The van der Waals surface area contributed by atoms with E-state index in [1.165, 1.54) is 0 Å². The Morgan fingerprint density at radius 2 is 1.85 bits per heavy atom. The third-order valence-electron chi connectivity index (χ3n) is 2.72. The molecule has 102 valence electrons. The molecule has 6 heteroatoms. The van der Waals surface area contributed by atoms with Gasteiger partial charge in [-0.3, -0.25) is 4.98 Å². The molecular weight excluding hydrogens is 274 g/mol. The minimum absolute atomic E-state index is 0.495. The first-order chi connectivity index (χ1) is 9.81. The van der Waals surface area contributed by atoms with Crippen molar-refractivity contribution < 1.29 is 9.47 Å². The van der Waals surface area contributed by atoms with Crippen LogP contribution in [0.3, 0.4) is 0 Å². The number of fused-ring (bicyclic) bond motifs is 1. The van der Waals surface area contributed by atoms with Crippen molar-refractivity contribution in [2.75, 3.05) is 23.8 Å². The van der Waals surface area contributed by atoms with Gasteiger partial charge in [0.25, 0.3) is 0 Å². The number of benzene rings is 1. The van der Waals surface area contributed by atoms with E-state index in [-0.39, 0.29) is 0 Å². The van der Waals surface area contributed by atoms with Crippen molar-refractivity contribution in [3.05, 3.63) is 42.7 Å². The smallest absolute Gasteiger partial charge is 0.175 e. The summed E-state index contributed by atoms with van der Waals surface area (Å²) in [5.41, 5.74) is 1.68. The fraction of sp³-hybridized carbons (Fsp3) is 0.143. The van der Waals surface area contributed by atoms with Gasteiger partial charge in [-0.2, -0.15) is 0 Å². The van der Waals surface area contributed by atoms with Crippen molar-refractivity contribution >= 4 is 28.7 Å². The molecule has 0 saturated heterocycles. The summed E-state index contributed by atoms with van der Waals surface area (Å²) < 4.78 is 11.0. The maximum absolute atomic E-state index is 5.53. The molecule has 0 amide bonds. The number of hydrogen-bond acceptors (Lipinski definition) is 4. The van der Waals surface area contributed by atoms with E-state index in [0.717, 1.165) is 22.9 Å². The van der Waals surface area contributed by atoms with Crippen molar-refractivity contribution in [3.8, 4) is 11.5 Å². The van der Waals surface area contributed by atoms with Crippen molar-refractivity contribution in [2.45, 2.75) is 0 Å². The Balaban J connectivity index is 1.67. The molecule has 1 aliphatic rings. The highest BCUT2D eigenvalue weighted by Crippen LogP contribution is 2.32. The molecule has 0 bridgehead atoms. The van der Waals surface area contributed by atoms with Crippen LogP contribution in [0.5, 0.6) is 11.5 Å². The summed E-state index contributed by atoms with van der Waals surface area (Å²) in [5, 5.41) is 6.65. The molecule has 1 aromatic heterocycles. The Morgan fingerprint density at radius 3 is 2.65 bits per heavy atom. The van der Waals surface area contributed by atoms with Gasteiger partial charge in [-0.15, -0.1) is 0 Å². The Labute approximate surface area is 121 Å². The molecule has 0 saturated carbocycles. The number of nitrogens with zero attached hydrogens (tertiary/aromatic N) is 1. The molecule has 2 N–H and O–H groups in total. The third-order valence-corrected chi connectivity index (χ3v) is 2.92. The van der Waals surface area contributed by atoms with Crippen molar-refractivity contribution in [1.82, 2.24) is 4.98 Å². The third kappa shape index (κ3) is 2.97. The maximum atomic E-state index is 5.53. The molecule has 3 rings (SSSR count). The number of aromatic nitrogens is 1. The summed E-state index contributed by atoms with van der Waals surface area (Å²) in [6.45, 7) is 1.15. The van der Waals surface area contributed by atoms with Gasteiger partial charge in [-0.05, 0) is 36.5 Å². The Bertz CT molecular complexity index is 619. The zero-order chi connectivity index (χ0) is 13.8. The van der Waals surface area contributed by atoms with E-state index in [4.69, 9.17) is 21.7 Å². The molecular formula is C14H13N3O2S. The van der Waals surface area contributed by atoms with Crippen molar-refractivity contribution in [1.29, 1.82) is 0 Å². The van der Waals surface area contributed by atoms with Crippen LogP contribution in [0.25, 0.3) is 0 Å². The van der Waals surface area contributed by atoms with Gasteiger partial charge in [-0.25, -0.2) is 0 Å². The first kappa shape index (κ1) is 12.7. The monoisotopic (exact) mass is 287 g/mol. The van der Waals surface area contributed by atoms with Crippen LogP contribution in [0.15, 0.2) is 42.7 Å². The van der Waals surface area contributed by atoms with E-state index in [0.29, 0.717) is 18.3 Å². The Hall–Kier alpha value is -2.34. The topological polar surface area (TPSA) is 55.4 Å². The van der Waals surface area contributed by atoms with Crippen LogP contribution < -0.4 is 20.1 Å². The lowest BCUT2D eigenvalue weighted by molar-refractivity contribution is 0.171. The summed E-state index contributed by atoms with van der Waals surface area (Å²) in [6.07, 6.45) is 3.42. The van der Waals surface area contributed by atoms with E-state index >= 15 is 0 Å². The Kier molecular flexibility index (Phi) is 3.64. The molecule has 2 aromatic rings. The zero-order valence-corrected chi connectivity index (χ0v) is 11.4. The van der Waals surface area contributed by atoms with Gasteiger partial charge in [0, 0.05) is 18.0 Å². The molecule has 0 fully saturated rings. The highest BCUT2D eigenvalue weighted by Gasteiger charge is 2.12. The fourth-order valence-corrected chi connectivity index (χ4v) is 2.09. The van der Waals surface area contributed by atoms with Gasteiger partial charge in [0.15, 0.2) is 16.6 Å². The molecule has 0 aliphatic carbocycles. The highest BCUT2D eigenvalue weighted by molar-refractivity contribution is 7.80. The van der Waals surface area contributed by atoms with Crippen LogP contribution >= 0.6 is 12.2 Å². The molecule has 1 aromatic carbocycles. The van der Waals surface area contributed by atoms with Crippen LogP contribution in [0.1, 0.15) is 0 Å². The van der Waals surface area contributed by atoms with E-state index in [1.54, 1.807) is 12.4 Å². The minimum Gasteiger partial charge on any atom is -0.486 e. The van der Waals surface area contributed by atoms with Crippen LogP contribution in [0.2, 0.25) is 0 Å². The van der Waals surface area contributed by atoms with Gasteiger partial charge in [-0.1, -0.05) is 0 Å². The zero-order valence-electron chi connectivity index (χ0n) is 10.6. The first-order valence-electron chi connectivity index (χ1n) is 6.19. The minimum atomic E-state index is 0.495. The highest BCUT2D eigenvalue weighted by atomic mass is 32.1. The fourth-order valence-electron chi connectivity index (χ4n) is 1.85. The maximum Gasteiger partial charge on any atom is 0.175 e. The quantitative estimate of drug-likeness (QED) is 0.828. The van der Waals surface area contributed by atoms with E-state index in [1.807, 2.05) is 30.3 Å². The van der Waals surface area contributed by atoms with Crippen LogP contribution in [-0.2, 0) is 0 Å². The van der Waals surface area contributed by atoms with Crippen molar-refractivity contribution in [3.63, 3.8) is 0 Å². The molecule has 5 nitrogen and oxygen atoms in total. The molecule has 0 atom stereocenters. The first-order valence-corrected chi connectivity index (χ1v) is 6.60. The normalized spacial score (nSPS) is 12.6. The summed E-state index contributed by atoms with van der Waals surface area (Å²) in [6, 6.07) is 9.36. The predicted molar refractivity (Wildman–Crippen MR) is 81.5 cm³/mol. The van der Waals surface area contributed by atoms with Gasteiger partial charge in [0.05, 0.1) is 11.9 Å².